The van der Waals surface area contributed by atoms with E-state index in [4.69, 9.17) is 9.15 Å². The van der Waals surface area contributed by atoms with E-state index < -0.39 is 5.41 Å². The Labute approximate surface area is 121 Å². The van der Waals surface area contributed by atoms with Crippen molar-refractivity contribution in [2.45, 2.75) is 26.7 Å². The molecule has 0 radical (unpaired) electrons. The average molecular weight is 325 g/mol. The van der Waals surface area contributed by atoms with Gasteiger partial charge in [-0.05, 0) is 37.6 Å². The van der Waals surface area contributed by atoms with Gasteiger partial charge >= 0.3 is 5.97 Å². The molecule has 1 aromatic carbocycles. The van der Waals surface area contributed by atoms with Crippen molar-refractivity contribution in [2.24, 2.45) is 5.41 Å². The Morgan fingerprint density at radius 2 is 2.16 bits per heavy atom. The van der Waals surface area contributed by atoms with Crippen LogP contribution in [0.15, 0.2) is 33.2 Å². The Kier molecular flexibility index (Phi) is 3.99. The highest BCUT2D eigenvalue weighted by atomic mass is 79.9. The fourth-order valence-corrected chi connectivity index (χ4v) is 2.51. The van der Waals surface area contributed by atoms with Crippen molar-refractivity contribution in [1.29, 1.82) is 0 Å². The second kappa shape index (κ2) is 5.37. The van der Waals surface area contributed by atoms with E-state index in [1.807, 2.05) is 38.1 Å². The Balaban J connectivity index is 2.32. The minimum absolute atomic E-state index is 0.198. The summed E-state index contributed by atoms with van der Waals surface area (Å²) in [6.45, 7) is 3.89. The van der Waals surface area contributed by atoms with Crippen molar-refractivity contribution < 1.29 is 13.9 Å². The van der Waals surface area contributed by atoms with E-state index in [0.717, 1.165) is 21.2 Å². The maximum Gasteiger partial charge on any atom is 0.311 e. The van der Waals surface area contributed by atoms with Gasteiger partial charge in [-0.2, -0.15) is 0 Å². The van der Waals surface area contributed by atoms with Crippen LogP contribution < -0.4 is 0 Å². The van der Waals surface area contributed by atoms with Gasteiger partial charge in [-0.15, -0.1) is 0 Å². The normalized spacial score (nSPS) is 14.3. The third kappa shape index (κ3) is 2.84. The van der Waals surface area contributed by atoms with Gasteiger partial charge < -0.3 is 9.15 Å². The van der Waals surface area contributed by atoms with Crippen LogP contribution in [0.5, 0.6) is 0 Å². The number of methoxy groups -OCH3 is 1. The molecule has 0 saturated carbocycles. The molecule has 0 amide bonds. The van der Waals surface area contributed by atoms with Gasteiger partial charge in [0.15, 0.2) is 0 Å². The number of furan rings is 1. The molecule has 0 fully saturated rings. The molecule has 2 aromatic rings. The smallest absolute Gasteiger partial charge is 0.311 e. The Bertz CT molecular complexity index is 602. The lowest BCUT2D eigenvalue weighted by molar-refractivity contribution is -0.152. The van der Waals surface area contributed by atoms with E-state index in [9.17, 15) is 4.79 Å². The van der Waals surface area contributed by atoms with Crippen LogP contribution in [-0.2, 0) is 16.0 Å². The van der Waals surface area contributed by atoms with Gasteiger partial charge in [-0.3, -0.25) is 4.79 Å². The molecular formula is C15H17BrO3. The molecule has 0 saturated heterocycles. The molecule has 1 aromatic heterocycles. The van der Waals surface area contributed by atoms with E-state index in [-0.39, 0.29) is 5.97 Å². The summed E-state index contributed by atoms with van der Waals surface area (Å²) < 4.78 is 11.7. The molecule has 1 heterocycles. The van der Waals surface area contributed by atoms with E-state index >= 15 is 0 Å². The summed E-state index contributed by atoms with van der Waals surface area (Å²) in [6, 6.07) is 7.85. The summed E-state index contributed by atoms with van der Waals surface area (Å²) in [7, 11) is 1.42. The molecule has 0 aliphatic carbocycles. The molecule has 0 bridgehead atoms. The first-order chi connectivity index (χ1) is 8.98. The number of ether oxygens (including phenoxy) is 1. The number of rotatable bonds is 4. The van der Waals surface area contributed by atoms with Crippen LogP contribution in [0, 0.1) is 5.41 Å². The second-order valence-corrected chi connectivity index (χ2v) is 5.89. The zero-order valence-corrected chi connectivity index (χ0v) is 12.9. The number of halogens is 1. The van der Waals surface area contributed by atoms with Crippen LogP contribution in [0.2, 0.25) is 0 Å². The van der Waals surface area contributed by atoms with Gasteiger partial charge in [0.2, 0.25) is 0 Å². The number of fused-ring (bicyclic) bond motifs is 1. The molecule has 3 nitrogen and oxygen atoms in total. The first kappa shape index (κ1) is 14.1. The van der Waals surface area contributed by atoms with Gasteiger partial charge in [0.25, 0.3) is 0 Å². The zero-order chi connectivity index (χ0) is 14.0. The number of carbonyl (C=O) groups excluding carboxylic acids is 1. The summed E-state index contributed by atoms with van der Waals surface area (Å²) in [4.78, 5) is 11.9. The van der Waals surface area contributed by atoms with Crippen molar-refractivity contribution >= 4 is 32.9 Å². The summed E-state index contributed by atoms with van der Waals surface area (Å²) in [6.07, 6.45) is 1.25. The van der Waals surface area contributed by atoms with Crippen LogP contribution in [0.25, 0.3) is 11.0 Å². The number of benzene rings is 1. The standard InChI is InChI=1S/C15H17BrO3/c1-4-15(2,14(17)18-3)9-12-8-10-7-11(16)5-6-13(10)19-12/h5-8H,4,9H2,1-3H3. The van der Waals surface area contributed by atoms with Crippen molar-refractivity contribution in [2.75, 3.05) is 7.11 Å². The number of hydrogen-bond acceptors (Lipinski definition) is 3. The summed E-state index contributed by atoms with van der Waals surface area (Å²) >= 11 is 3.44. The van der Waals surface area contributed by atoms with Gasteiger partial charge in [-0.1, -0.05) is 22.9 Å². The summed E-state index contributed by atoms with van der Waals surface area (Å²) in [5.74, 6) is 0.611. The van der Waals surface area contributed by atoms with Gasteiger partial charge in [-0.25, -0.2) is 0 Å². The largest absolute Gasteiger partial charge is 0.469 e. The van der Waals surface area contributed by atoms with Gasteiger partial charge in [0.1, 0.15) is 11.3 Å². The second-order valence-electron chi connectivity index (χ2n) is 4.98. The SMILES string of the molecule is CCC(C)(Cc1cc2cc(Br)ccc2o1)C(=O)OC. The van der Waals surface area contributed by atoms with Crippen molar-refractivity contribution in [3.63, 3.8) is 0 Å². The monoisotopic (exact) mass is 324 g/mol. The van der Waals surface area contributed by atoms with Crippen molar-refractivity contribution in [3.8, 4) is 0 Å². The predicted molar refractivity (Wildman–Crippen MR) is 78.0 cm³/mol. The van der Waals surface area contributed by atoms with Gasteiger partial charge in [0, 0.05) is 16.3 Å². The van der Waals surface area contributed by atoms with Crippen molar-refractivity contribution in [3.05, 3.63) is 34.5 Å². The molecule has 1 unspecified atom stereocenters. The molecule has 0 aliphatic heterocycles. The lowest BCUT2D eigenvalue weighted by Gasteiger charge is -2.23. The Morgan fingerprint density at radius 1 is 1.42 bits per heavy atom. The summed E-state index contributed by atoms with van der Waals surface area (Å²) in [5.41, 5.74) is 0.293. The average Bonchev–Trinajstić information content (AvgIpc) is 2.78. The maximum atomic E-state index is 11.9. The Morgan fingerprint density at radius 3 is 2.79 bits per heavy atom. The van der Waals surface area contributed by atoms with E-state index in [1.165, 1.54) is 7.11 Å². The molecule has 0 spiro atoms. The third-order valence-electron chi connectivity index (χ3n) is 3.55. The fourth-order valence-electron chi connectivity index (χ4n) is 2.13. The highest BCUT2D eigenvalue weighted by Gasteiger charge is 2.33. The van der Waals surface area contributed by atoms with E-state index in [2.05, 4.69) is 15.9 Å². The highest BCUT2D eigenvalue weighted by Crippen LogP contribution is 2.31. The Hall–Kier alpha value is -1.29. The van der Waals surface area contributed by atoms with Crippen LogP contribution in [-0.4, -0.2) is 13.1 Å². The minimum Gasteiger partial charge on any atom is -0.469 e. The molecule has 19 heavy (non-hydrogen) atoms. The fraction of sp³-hybridized carbons (Fsp3) is 0.400. The van der Waals surface area contributed by atoms with E-state index in [0.29, 0.717) is 12.8 Å². The number of hydrogen-bond donors (Lipinski definition) is 0. The number of carbonyl (C=O) groups is 1. The molecule has 0 N–H and O–H groups in total. The van der Waals surface area contributed by atoms with Crippen LogP contribution in [0.3, 0.4) is 0 Å². The first-order valence-corrected chi connectivity index (χ1v) is 7.04. The van der Waals surface area contributed by atoms with Crippen molar-refractivity contribution in [1.82, 2.24) is 0 Å². The lowest BCUT2D eigenvalue weighted by Crippen LogP contribution is -2.30. The minimum atomic E-state index is -0.542. The molecule has 2 rings (SSSR count). The molecule has 0 aliphatic rings. The van der Waals surface area contributed by atoms with Crippen LogP contribution in [0.4, 0.5) is 0 Å². The first-order valence-electron chi connectivity index (χ1n) is 6.25. The third-order valence-corrected chi connectivity index (χ3v) is 4.05. The number of esters is 1. The molecule has 1 atom stereocenters. The van der Waals surface area contributed by atoms with E-state index in [1.54, 1.807) is 0 Å². The van der Waals surface area contributed by atoms with Gasteiger partial charge in [0.05, 0.1) is 12.5 Å². The molecule has 4 heteroatoms. The van der Waals surface area contributed by atoms with Crippen LogP contribution >= 0.6 is 15.9 Å². The molecular weight excluding hydrogens is 308 g/mol. The lowest BCUT2D eigenvalue weighted by atomic mass is 9.83. The van der Waals surface area contributed by atoms with Crippen LogP contribution in [0.1, 0.15) is 26.0 Å². The maximum absolute atomic E-state index is 11.9. The zero-order valence-electron chi connectivity index (χ0n) is 11.3. The highest BCUT2D eigenvalue weighted by molar-refractivity contribution is 9.10. The topological polar surface area (TPSA) is 39.4 Å². The quantitative estimate of drug-likeness (QED) is 0.786. The predicted octanol–water partition coefficient (Wildman–Crippen LogP) is 4.33. The summed E-state index contributed by atoms with van der Waals surface area (Å²) in [5, 5.41) is 1.03. The molecule has 102 valence electrons.